The third-order valence-electron chi connectivity index (χ3n) is 5.31. The van der Waals surface area contributed by atoms with Gasteiger partial charge in [-0.3, -0.25) is 0 Å². The molecule has 3 aromatic carbocycles. The molecule has 0 unspecified atom stereocenters. The van der Waals surface area contributed by atoms with Gasteiger partial charge in [-0.2, -0.15) is 13.2 Å². The first-order valence-electron chi connectivity index (χ1n) is 10.6. The highest BCUT2D eigenvalue weighted by molar-refractivity contribution is 5.71. The number of hydrogen-bond acceptors (Lipinski definition) is 4. The van der Waals surface area contributed by atoms with Crippen LogP contribution in [0.25, 0.3) is 11.1 Å². The van der Waals surface area contributed by atoms with E-state index in [0.29, 0.717) is 31.1 Å². The van der Waals surface area contributed by atoms with E-state index in [-0.39, 0.29) is 6.04 Å². The molecule has 0 radical (unpaired) electrons. The topological polar surface area (TPSA) is 39.7 Å². The van der Waals surface area contributed by atoms with Crippen LogP contribution in [0.15, 0.2) is 66.7 Å². The Morgan fingerprint density at radius 2 is 1.67 bits per heavy atom. The summed E-state index contributed by atoms with van der Waals surface area (Å²) >= 11 is 0. The minimum atomic E-state index is -4.36. The second kappa shape index (κ2) is 11.2. The predicted octanol–water partition coefficient (Wildman–Crippen LogP) is 6.26. The summed E-state index contributed by atoms with van der Waals surface area (Å²) in [6.07, 6.45) is -4.36. The summed E-state index contributed by atoms with van der Waals surface area (Å²) < 4.78 is 54.8. The van der Waals surface area contributed by atoms with Crippen LogP contribution in [0.3, 0.4) is 0 Å². The molecule has 33 heavy (non-hydrogen) atoms. The van der Waals surface area contributed by atoms with Crippen LogP contribution in [-0.2, 0) is 17.5 Å². The fraction of sp³-hybridized carbons (Fsp3) is 0.308. The first-order chi connectivity index (χ1) is 15.8. The maximum atomic E-state index is 12.9. The molecule has 0 amide bonds. The molecule has 0 saturated heterocycles. The average Bonchev–Trinajstić information content (AvgIpc) is 2.82. The van der Waals surface area contributed by atoms with E-state index < -0.39 is 11.7 Å². The van der Waals surface area contributed by atoms with Gasteiger partial charge in [0, 0.05) is 25.3 Å². The molecule has 1 N–H and O–H groups in total. The molecular weight excluding hydrogens is 431 g/mol. The lowest BCUT2D eigenvalue weighted by Gasteiger charge is -2.17. The van der Waals surface area contributed by atoms with Crippen molar-refractivity contribution in [2.75, 3.05) is 27.4 Å². The van der Waals surface area contributed by atoms with Crippen molar-refractivity contribution < 1.29 is 27.4 Å². The van der Waals surface area contributed by atoms with E-state index in [1.807, 2.05) is 42.5 Å². The number of methoxy groups -OCH3 is 2. The molecule has 3 aromatic rings. The maximum absolute atomic E-state index is 12.9. The van der Waals surface area contributed by atoms with Gasteiger partial charge in [0.25, 0.3) is 0 Å². The molecule has 0 bridgehead atoms. The van der Waals surface area contributed by atoms with Crippen molar-refractivity contribution in [3.05, 3.63) is 83.4 Å². The minimum Gasteiger partial charge on any atom is -0.496 e. The Kier molecular flexibility index (Phi) is 8.36. The molecule has 176 valence electrons. The maximum Gasteiger partial charge on any atom is 0.416 e. The Bertz CT molecular complexity index is 1040. The summed E-state index contributed by atoms with van der Waals surface area (Å²) in [7, 11) is 3.18. The molecule has 0 aliphatic rings. The van der Waals surface area contributed by atoms with Crippen LogP contribution in [0, 0.1) is 0 Å². The van der Waals surface area contributed by atoms with E-state index in [1.165, 1.54) is 12.1 Å². The van der Waals surface area contributed by atoms with E-state index in [1.54, 1.807) is 14.2 Å². The SMILES string of the molecule is COCCOc1cccc([C@@H](C)NCc2ccc(OC)c(-c3ccc(C(F)(F)F)cc3)c2)c1. The van der Waals surface area contributed by atoms with Crippen LogP contribution in [0.5, 0.6) is 11.5 Å². The summed E-state index contributed by atoms with van der Waals surface area (Å²) in [5.41, 5.74) is 2.80. The smallest absolute Gasteiger partial charge is 0.416 e. The van der Waals surface area contributed by atoms with Crippen molar-refractivity contribution >= 4 is 0 Å². The molecule has 0 saturated carbocycles. The molecule has 0 spiro atoms. The minimum absolute atomic E-state index is 0.0626. The van der Waals surface area contributed by atoms with Crippen LogP contribution < -0.4 is 14.8 Å². The number of benzene rings is 3. The van der Waals surface area contributed by atoms with E-state index in [2.05, 4.69) is 12.2 Å². The number of rotatable bonds is 10. The molecule has 7 heteroatoms. The van der Waals surface area contributed by atoms with Crippen molar-refractivity contribution in [2.24, 2.45) is 0 Å². The van der Waals surface area contributed by atoms with Gasteiger partial charge in [0.2, 0.25) is 0 Å². The van der Waals surface area contributed by atoms with E-state index >= 15 is 0 Å². The summed E-state index contributed by atoms with van der Waals surface area (Å²) in [6, 6.07) is 18.8. The Balaban J connectivity index is 1.71. The highest BCUT2D eigenvalue weighted by atomic mass is 19.4. The first kappa shape index (κ1) is 24.6. The fourth-order valence-electron chi connectivity index (χ4n) is 3.43. The van der Waals surface area contributed by atoms with Gasteiger partial charge >= 0.3 is 6.18 Å². The van der Waals surface area contributed by atoms with Crippen LogP contribution in [0.4, 0.5) is 13.2 Å². The van der Waals surface area contributed by atoms with Gasteiger partial charge in [-0.15, -0.1) is 0 Å². The lowest BCUT2D eigenvalue weighted by Crippen LogP contribution is -2.18. The second-order valence-electron chi connectivity index (χ2n) is 7.63. The van der Waals surface area contributed by atoms with Crippen LogP contribution in [0.2, 0.25) is 0 Å². The van der Waals surface area contributed by atoms with Crippen molar-refractivity contribution in [1.82, 2.24) is 5.32 Å². The molecule has 0 fully saturated rings. The van der Waals surface area contributed by atoms with Crippen molar-refractivity contribution in [1.29, 1.82) is 0 Å². The highest BCUT2D eigenvalue weighted by Crippen LogP contribution is 2.34. The van der Waals surface area contributed by atoms with E-state index in [4.69, 9.17) is 14.2 Å². The third-order valence-corrected chi connectivity index (χ3v) is 5.31. The Morgan fingerprint density at radius 3 is 2.33 bits per heavy atom. The Morgan fingerprint density at radius 1 is 0.909 bits per heavy atom. The van der Waals surface area contributed by atoms with Crippen molar-refractivity contribution in [3.8, 4) is 22.6 Å². The zero-order valence-electron chi connectivity index (χ0n) is 18.9. The quantitative estimate of drug-likeness (QED) is 0.364. The van der Waals surface area contributed by atoms with Crippen LogP contribution >= 0.6 is 0 Å². The summed E-state index contributed by atoms with van der Waals surface area (Å²) in [4.78, 5) is 0. The largest absolute Gasteiger partial charge is 0.496 e. The van der Waals surface area contributed by atoms with Gasteiger partial charge in [-0.05, 0) is 60.0 Å². The van der Waals surface area contributed by atoms with Gasteiger partial charge in [0.15, 0.2) is 0 Å². The molecule has 0 aromatic heterocycles. The molecular formula is C26H28F3NO3. The molecule has 4 nitrogen and oxygen atoms in total. The molecule has 1 atom stereocenters. The number of ether oxygens (including phenoxy) is 3. The summed E-state index contributed by atoms with van der Waals surface area (Å²) in [6.45, 7) is 3.65. The van der Waals surface area contributed by atoms with E-state index in [9.17, 15) is 13.2 Å². The summed E-state index contributed by atoms with van der Waals surface area (Å²) in [5, 5.41) is 3.49. The number of halogens is 3. The van der Waals surface area contributed by atoms with Crippen LogP contribution in [0.1, 0.15) is 29.7 Å². The highest BCUT2D eigenvalue weighted by Gasteiger charge is 2.30. The predicted molar refractivity (Wildman–Crippen MR) is 122 cm³/mol. The van der Waals surface area contributed by atoms with Crippen molar-refractivity contribution in [2.45, 2.75) is 25.7 Å². The van der Waals surface area contributed by atoms with Crippen molar-refractivity contribution in [3.63, 3.8) is 0 Å². The monoisotopic (exact) mass is 459 g/mol. The molecule has 0 heterocycles. The lowest BCUT2D eigenvalue weighted by atomic mass is 10.00. The lowest BCUT2D eigenvalue weighted by molar-refractivity contribution is -0.137. The summed E-state index contributed by atoms with van der Waals surface area (Å²) in [5.74, 6) is 1.39. The molecule has 0 aliphatic heterocycles. The standard InChI is InChI=1S/C26H28F3NO3/c1-18(21-5-4-6-23(16-21)33-14-13-31-2)30-17-19-7-12-25(32-3)24(15-19)20-8-10-22(11-9-20)26(27,28)29/h4-12,15-16,18,30H,13-14,17H2,1-3H3/t18-/m1/s1. The molecule has 3 rings (SSSR count). The number of hydrogen-bond donors (Lipinski definition) is 1. The van der Waals surface area contributed by atoms with Gasteiger partial charge < -0.3 is 19.5 Å². The first-order valence-corrected chi connectivity index (χ1v) is 10.6. The van der Waals surface area contributed by atoms with E-state index in [0.717, 1.165) is 34.6 Å². The van der Waals surface area contributed by atoms with Gasteiger partial charge in [-0.25, -0.2) is 0 Å². The fourth-order valence-corrected chi connectivity index (χ4v) is 3.43. The zero-order chi connectivity index (χ0) is 23.8. The molecule has 0 aliphatic carbocycles. The van der Waals surface area contributed by atoms with Gasteiger partial charge in [0.05, 0.1) is 19.3 Å². The normalized spacial score (nSPS) is 12.4. The average molecular weight is 460 g/mol. The Labute approximate surface area is 192 Å². The number of alkyl halides is 3. The van der Waals surface area contributed by atoms with Gasteiger partial charge in [-0.1, -0.05) is 30.3 Å². The Hall–Kier alpha value is -3.03. The second-order valence-corrected chi connectivity index (χ2v) is 7.63. The third kappa shape index (κ3) is 6.73. The van der Waals surface area contributed by atoms with Crippen LogP contribution in [-0.4, -0.2) is 27.4 Å². The number of nitrogens with one attached hydrogen (secondary N) is 1. The zero-order valence-corrected chi connectivity index (χ0v) is 18.9. The van der Waals surface area contributed by atoms with Gasteiger partial charge in [0.1, 0.15) is 18.1 Å².